The van der Waals surface area contributed by atoms with Gasteiger partial charge in [0, 0.05) is 18.2 Å². The molecule has 0 saturated carbocycles. The second-order valence-corrected chi connectivity index (χ2v) is 7.78. The Labute approximate surface area is 146 Å². The van der Waals surface area contributed by atoms with E-state index in [9.17, 15) is 13.2 Å². The summed E-state index contributed by atoms with van der Waals surface area (Å²) in [5, 5.41) is 2.88. The second-order valence-electron chi connectivity index (χ2n) is 6.01. The zero-order chi connectivity index (χ0) is 18.0. The number of nitrogens with one attached hydrogen (secondary N) is 2. The van der Waals surface area contributed by atoms with Crippen LogP contribution in [0.5, 0.6) is 0 Å². The summed E-state index contributed by atoms with van der Waals surface area (Å²) >= 11 is 0. The lowest BCUT2D eigenvalue weighted by Crippen LogP contribution is -2.25. The summed E-state index contributed by atoms with van der Waals surface area (Å²) in [6.07, 6.45) is 5.54. The maximum absolute atomic E-state index is 12.3. The molecule has 1 aromatic rings. The molecule has 0 heterocycles. The van der Waals surface area contributed by atoms with Gasteiger partial charge in [-0.2, -0.15) is 0 Å². The molecular formula is C18H30N2O3S. The number of carbonyl (C=O) groups excluding carboxylic acids is 1. The molecule has 0 radical (unpaired) electrons. The van der Waals surface area contributed by atoms with Crippen molar-refractivity contribution in [2.24, 2.45) is 5.92 Å². The van der Waals surface area contributed by atoms with E-state index in [4.69, 9.17) is 0 Å². The van der Waals surface area contributed by atoms with Gasteiger partial charge in [-0.3, -0.25) is 4.79 Å². The van der Waals surface area contributed by atoms with Crippen LogP contribution in [-0.4, -0.2) is 20.9 Å². The van der Waals surface area contributed by atoms with E-state index in [2.05, 4.69) is 17.0 Å². The number of amides is 1. The van der Waals surface area contributed by atoms with Crippen LogP contribution in [0.25, 0.3) is 0 Å². The van der Waals surface area contributed by atoms with E-state index in [1.807, 2.05) is 13.8 Å². The number of sulfonamides is 1. The monoisotopic (exact) mass is 354 g/mol. The molecule has 2 N–H and O–H groups in total. The number of benzene rings is 1. The zero-order valence-electron chi connectivity index (χ0n) is 15.0. The number of carbonyl (C=O) groups is 1. The Balaban J connectivity index is 2.68. The molecule has 0 aromatic heterocycles. The van der Waals surface area contributed by atoms with Gasteiger partial charge in [0.05, 0.1) is 4.90 Å². The lowest BCUT2D eigenvalue weighted by atomic mass is 9.98. The van der Waals surface area contributed by atoms with Crippen molar-refractivity contribution in [3.8, 4) is 0 Å². The standard InChI is InChI=1S/C18H30N2O3S/c1-4-7-9-15(6-3)18(21)20-16-10-12-17(13-11-16)24(22,23)19-14-8-5-2/h10-13,15,19H,4-9,14H2,1-3H3,(H,20,21). The fraction of sp³-hybridized carbons (Fsp3) is 0.611. The molecule has 0 bridgehead atoms. The average molecular weight is 355 g/mol. The molecule has 0 saturated heterocycles. The Hall–Kier alpha value is -1.40. The van der Waals surface area contributed by atoms with E-state index in [1.54, 1.807) is 12.1 Å². The van der Waals surface area contributed by atoms with Gasteiger partial charge in [0.25, 0.3) is 0 Å². The third kappa shape index (κ3) is 6.61. The van der Waals surface area contributed by atoms with Gasteiger partial charge in [0.15, 0.2) is 0 Å². The fourth-order valence-corrected chi connectivity index (χ4v) is 3.47. The van der Waals surface area contributed by atoms with Gasteiger partial charge in [-0.1, -0.05) is 40.0 Å². The predicted octanol–water partition coefficient (Wildman–Crippen LogP) is 3.92. The highest BCUT2D eigenvalue weighted by atomic mass is 32.2. The molecule has 1 unspecified atom stereocenters. The van der Waals surface area contributed by atoms with Crippen LogP contribution in [-0.2, 0) is 14.8 Å². The SMILES string of the molecule is CCCCNS(=O)(=O)c1ccc(NC(=O)C(CC)CCCC)cc1. The smallest absolute Gasteiger partial charge is 0.240 e. The molecule has 0 aliphatic heterocycles. The highest BCUT2D eigenvalue weighted by Crippen LogP contribution is 2.18. The first-order valence-electron chi connectivity index (χ1n) is 8.85. The minimum Gasteiger partial charge on any atom is -0.326 e. The Morgan fingerprint density at radius 2 is 1.67 bits per heavy atom. The summed E-state index contributed by atoms with van der Waals surface area (Å²) in [7, 11) is -3.47. The molecule has 5 nitrogen and oxygen atoms in total. The first kappa shape index (κ1) is 20.6. The van der Waals surface area contributed by atoms with Gasteiger partial charge in [0.1, 0.15) is 0 Å². The molecule has 24 heavy (non-hydrogen) atoms. The maximum Gasteiger partial charge on any atom is 0.240 e. The molecular weight excluding hydrogens is 324 g/mol. The van der Waals surface area contributed by atoms with Crippen molar-refractivity contribution in [3.05, 3.63) is 24.3 Å². The van der Waals surface area contributed by atoms with E-state index in [0.29, 0.717) is 12.2 Å². The molecule has 1 aromatic carbocycles. The van der Waals surface area contributed by atoms with Gasteiger partial charge in [0.2, 0.25) is 15.9 Å². The summed E-state index contributed by atoms with van der Waals surface area (Å²) in [5.74, 6) is 0.00620. The summed E-state index contributed by atoms with van der Waals surface area (Å²) in [6.45, 7) is 6.57. The van der Waals surface area contributed by atoms with Crippen molar-refractivity contribution in [2.75, 3.05) is 11.9 Å². The Morgan fingerprint density at radius 3 is 2.21 bits per heavy atom. The minimum atomic E-state index is -3.47. The highest BCUT2D eigenvalue weighted by molar-refractivity contribution is 7.89. The van der Waals surface area contributed by atoms with E-state index < -0.39 is 10.0 Å². The van der Waals surface area contributed by atoms with Crippen LogP contribution in [0, 0.1) is 5.92 Å². The van der Waals surface area contributed by atoms with Crippen LogP contribution in [0.4, 0.5) is 5.69 Å². The third-order valence-electron chi connectivity index (χ3n) is 4.02. The first-order valence-corrected chi connectivity index (χ1v) is 10.3. The van der Waals surface area contributed by atoms with Gasteiger partial charge < -0.3 is 5.32 Å². The number of rotatable bonds is 11. The highest BCUT2D eigenvalue weighted by Gasteiger charge is 2.17. The molecule has 136 valence electrons. The molecule has 1 rings (SSSR count). The second kappa shape index (κ2) is 10.5. The Morgan fingerprint density at radius 1 is 1.04 bits per heavy atom. The zero-order valence-corrected chi connectivity index (χ0v) is 15.8. The van der Waals surface area contributed by atoms with Crippen molar-refractivity contribution in [2.45, 2.75) is 64.2 Å². The van der Waals surface area contributed by atoms with Crippen molar-refractivity contribution < 1.29 is 13.2 Å². The molecule has 0 fully saturated rings. The van der Waals surface area contributed by atoms with Gasteiger partial charge in [-0.25, -0.2) is 13.1 Å². The molecule has 6 heteroatoms. The summed E-state index contributed by atoms with van der Waals surface area (Å²) in [6, 6.07) is 6.32. The van der Waals surface area contributed by atoms with E-state index >= 15 is 0 Å². The summed E-state index contributed by atoms with van der Waals surface area (Å²) in [5.41, 5.74) is 0.627. The fourth-order valence-electron chi connectivity index (χ4n) is 2.40. The number of hydrogen-bond acceptors (Lipinski definition) is 3. The van der Waals surface area contributed by atoms with Gasteiger partial charge in [-0.15, -0.1) is 0 Å². The molecule has 1 atom stereocenters. The lowest BCUT2D eigenvalue weighted by molar-refractivity contribution is -0.120. The van der Waals surface area contributed by atoms with Gasteiger partial charge >= 0.3 is 0 Å². The molecule has 1 amide bonds. The normalized spacial score (nSPS) is 12.8. The number of hydrogen-bond donors (Lipinski definition) is 2. The molecule has 0 spiro atoms. The topological polar surface area (TPSA) is 75.3 Å². The minimum absolute atomic E-state index is 0.00243. The van der Waals surface area contributed by atoms with E-state index in [-0.39, 0.29) is 16.7 Å². The largest absolute Gasteiger partial charge is 0.326 e. The van der Waals surface area contributed by atoms with Crippen LogP contribution >= 0.6 is 0 Å². The number of unbranched alkanes of at least 4 members (excludes halogenated alkanes) is 2. The van der Waals surface area contributed by atoms with Crippen LogP contribution in [0.3, 0.4) is 0 Å². The average Bonchev–Trinajstić information content (AvgIpc) is 2.56. The van der Waals surface area contributed by atoms with Gasteiger partial charge in [-0.05, 0) is 43.5 Å². The van der Waals surface area contributed by atoms with Crippen LogP contribution in [0.2, 0.25) is 0 Å². The summed E-state index contributed by atoms with van der Waals surface area (Å²) in [4.78, 5) is 12.5. The van der Waals surface area contributed by atoms with Crippen molar-refractivity contribution in [1.82, 2.24) is 4.72 Å². The summed E-state index contributed by atoms with van der Waals surface area (Å²) < 4.78 is 26.8. The Bertz CT molecular complexity index is 597. The van der Waals surface area contributed by atoms with Crippen molar-refractivity contribution in [3.63, 3.8) is 0 Å². The number of anilines is 1. The van der Waals surface area contributed by atoms with E-state index in [0.717, 1.165) is 38.5 Å². The quantitative estimate of drug-likeness (QED) is 0.591. The van der Waals surface area contributed by atoms with Crippen LogP contribution in [0.15, 0.2) is 29.2 Å². The van der Waals surface area contributed by atoms with Crippen LogP contribution < -0.4 is 10.0 Å². The van der Waals surface area contributed by atoms with E-state index in [1.165, 1.54) is 12.1 Å². The predicted molar refractivity (Wildman–Crippen MR) is 98.5 cm³/mol. The third-order valence-corrected chi connectivity index (χ3v) is 5.50. The molecule has 0 aliphatic carbocycles. The Kier molecular flexibility index (Phi) is 9.00. The van der Waals surface area contributed by atoms with Crippen molar-refractivity contribution in [1.29, 1.82) is 0 Å². The first-order chi connectivity index (χ1) is 11.4. The lowest BCUT2D eigenvalue weighted by Gasteiger charge is -2.15. The van der Waals surface area contributed by atoms with Crippen molar-refractivity contribution >= 4 is 21.6 Å². The van der Waals surface area contributed by atoms with Crippen LogP contribution in [0.1, 0.15) is 59.3 Å². The molecule has 0 aliphatic rings. The maximum atomic E-state index is 12.3.